The van der Waals surface area contributed by atoms with Gasteiger partial charge in [0.05, 0.1) is 24.6 Å². The Bertz CT molecular complexity index is 983. The number of hydrogen-bond donors (Lipinski definition) is 3. The minimum Gasteiger partial charge on any atom is -0.532 e. The smallest absolute Gasteiger partial charge is 0.532 e. The molecule has 10 heteroatoms. The molecule has 3 heterocycles. The number of hydrogen-bond acceptors (Lipinski definition) is 7. The summed E-state index contributed by atoms with van der Waals surface area (Å²) in [4.78, 5) is 11.9. The van der Waals surface area contributed by atoms with Crippen LogP contribution in [-0.2, 0) is 4.74 Å². The maximum Gasteiger partial charge on any atom is 0.552 e. The maximum absolute atomic E-state index is 11.9. The lowest BCUT2D eigenvalue weighted by Gasteiger charge is -2.26. The van der Waals surface area contributed by atoms with Gasteiger partial charge in [0.25, 0.3) is 5.91 Å². The molecule has 2 aliphatic heterocycles. The standard InChI is InChI=1S/C18H18BN5O4/c20-8-12-4-6-27-10-15(12)24-9-14(17(21)25)18(23-24)22-13-1-2-16-11(7-13)3-5-19(26)28-16/h1-3,5,7,9,12,15,26H,4,6,10H2,(H2,21,25)(H,22,23)/t12-,15+/m0/s1. The quantitative estimate of drug-likeness (QED) is 0.681. The fourth-order valence-electron chi connectivity index (χ4n) is 3.32. The predicted octanol–water partition coefficient (Wildman–Crippen LogP) is 1.25. The van der Waals surface area contributed by atoms with Gasteiger partial charge in [-0.25, -0.2) is 0 Å². The fraction of sp³-hybridized carbons (Fsp3) is 0.278. The van der Waals surface area contributed by atoms with Crippen molar-refractivity contribution in [2.45, 2.75) is 12.5 Å². The number of nitrogens with one attached hydrogen (secondary N) is 1. The molecule has 0 spiro atoms. The van der Waals surface area contributed by atoms with E-state index in [1.807, 2.05) is 6.07 Å². The van der Waals surface area contributed by atoms with Crippen LogP contribution in [0.4, 0.5) is 11.5 Å². The Balaban J connectivity index is 1.63. The van der Waals surface area contributed by atoms with E-state index in [9.17, 15) is 15.1 Å². The summed E-state index contributed by atoms with van der Waals surface area (Å²) in [6.07, 6.45) is 3.91. The molecule has 9 nitrogen and oxygen atoms in total. The number of benzene rings is 1. The monoisotopic (exact) mass is 379 g/mol. The van der Waals surface area contributed by atoms with Crippen molar-refractivity contribution in [2.24, 2.45) is 11.7 Å². The molecule has 0 unspecified atom stereocenters. The largest absolute Gasteiger partial charge is 0.552 e. The molecule has 4 rings (SSSR count). The SMILES string of the molecule is N#C[C@@H]1CCOC[C@H]1n1cc(C(N)=O)c(Nc2ccc3c(c2)C=CB(O)O3)n1. The second-order valence-electron chi connectivity index (χ2n) is 6.65. The number of nitrogens with two attached hydrogens (primary N) is 1. The molecule has 1 amide bonds. The van der Waals surface area contributed by atoms with Crippen LogP contribution in [-0.4, -0.2) is 41.0 Å². The molecular formula is C18H18BN5O4. The van der Waals surface area contributed by atoms with Crippen LogP contribution in [0.15, 0.2) is 30.4 Å². The first kappa shape index (κ1) is 18.1. The van der Waals surface area contributed by atoms with Crippen LogP contribution in [0.2, 0.25) is 0 Å². The summed E-state index contributed by atoms with van der Waals surface area (Å²) in [5, 5.41) is 26.4. The molecule has 2 aliphatic rings. The van der Waals surface area contributed by atoms with Gasteiger partial charge < -0.3 is 25.5 Å². The number of nitrogens with zero attached hydrogens (tertiary/aromatic N) is 3. The van der Waals surface area contributed by atoms with Crippen molar-refractivity contribution in [3.05, 3.63) is 41.5 Å². The van der Waals surface area contributed by atoms with E-state index in [1.165, 1.54) is 5.98 Å². The predicted molar refractivity (Wildman–Crippen MR) is 102 cm³/mol. The first-order valence-electron chi connectivity index (χ1n) is 8.85. The highest BCUT2D eigenvalue weighted by molar-refractivity contribution is 6.51. The molecule has 0 saturated carbocycles. The number of anilines is 2. The summed E-state index contributed by atoms with van der Waals surface area (Å²) < 4.78 is 12.4. The molecule has 1 saturated heterocycles. The lowest BCUT2D eigenvalue weighted by atomic mass is 9.86. The maximum atomic E-state index is 11.9. The minimum absolute atomic E-state index is 0.224. The van der Waals surface area contributed by atoms with Crippen molar-refractivity contribution >= 4 is 30.6 Å². The number of fused-ring (bicyclic) bond motifs is 1. The Morgan fingerprint density at radius 2 is 2.36 bits per heavy atom. The lowest BCUT2D eigenvalue weighted by molar-refractivity contribution is 0.0342. The van der Waals surface area contributed by atoms with Crippen LogP contribution in [0.25, 0.3) is 6.08 Å². The van der Waals surface area contributed by atoms with Crippen molar-refractivity contribution < 1.29 is 19.2 Å². The van der Waals surface area contributed by atoms with Gasteiger partial charge in [0, 0.05) is 24.1 Å². The van der Waals surface area contributed by atoms with Crippen LogP contribution in [0.1, 0.15) is 28.4 Å². The van der Waals surface area contributed by atoms with Gasteiger partial charge in [0.15, 0.2) is 5.82 Å². The molecule has 0 radical (unpaired) electrons. The van der Waals surface area contributed by atoms with Crippen molar-refractivity contribution in [3.63, 3.8) is 0 Å². The Morgan fingerprint density at radius 3 is 3.14 bits per heavy atom. The first-order chi connectivity index (χ1) is 13.5. The third-order valence-corrected chi connectivity index (χ3v) is 4.79. The van der Waals surface area contributed by atoms with Crippen LogP contribution in [0.5, 0.6) is 5.75 Å². The van der Waals surface area contributed by atoms with Crippen LogP contribution >= 0.6 is 0 Å². The van der Waals surface area contributed by atoms with E-state index < -0.39 is 13.0 Å². The Morgan fingerprint density at radius 1 is 1.50 bits per heavy atom. The van der Waals surface area contributed by atoms with Gasteiger partial charge in [-0.05, 0) is 30.6 Å². The zero-order valence-electron chi connectivity index (χ0n) is 14.9. The number of aromatic nitrogens is 2. The van der Waals surface area contributed by atoms with Crippen molar-refractivity contribution in [2.75, 3.05) is 18.5 Å². The molecule has 0 bridgehead atoms. The Hall–Kier alpha value is -3.29. The number of ether oxygens (including phenoxy) is 1. The molecular weight excluding hydrogens is 361 g/mol. The van der Waals surface area contributed by atoms with Gasteiger partial charge in [0.1, 0.15) is 11.3 Å². The molecule has 28 heavy (non-hydrogen) atoms. The summed E-state index contributed by atoms with van der Waals surface area (Å²) >= 11 is 0. The molecule has 1 aromatic heterocycles. The normalized spacial score (nSPS) is 20.8. The van der Waals surface area contributed by atoms with Gasteiger partial charge in [0.2, 0.25) is 0 Å². The van der Waals surface area contributed by atoms with Crippen molar-refractivity contribution in [1.82, 2.24) is 9.78 Å². The molecule has 142 valence electrons. The summed E-state index contributed by atoms with van der Waals surface area (Å²) in [6.45, 7) is 0.879. The van der Waals surface area contributed by atoms with Crippen molar-refractivity contribution in [1.29, 1.82) is 5.26 Å². The van der Waals surface area contributed by atoms with Gasteiger partial charge in [-0.2, -0.15) is 10.4 Å². The number of amides is 1. The van der Waals surface area contributed by atoms with Gasteiger partial charge in [-0.1, -0.05) is 6.08 Å². The molecule has 0 aliphatic carbocycles. The van der Waals surface area contributed by atoms with E-state index in [2.05, 4.69) is 16.5 Å². The molecule has 1 fully saturated rings. The van der Waals surface area contributed by atoms with Crippen LogP contribution < -0.4 is 15.7 Å². The van der Waals surface area contributed by atoms with E-state index in [1.54, 1.807) is 29.1 Å². The summed E-state index contributed by atoms with van der Waals surface area (Å²) in [5.41, 5.74) is 7.19. The van der Waals surface area contributed by atoms with Crippen molar-refractivity contribution in [3.8, 4) is 11.8 Å². The zero-order chi connectivity index (χ0) is 19.7. The van der Waals surface area contributed by atoms with Gasteiger partial charge >= 0.3 is 7.12 Å². The Kier molecular flexibility index (Phi) is 4.77. The second-order valence-corrected chi connectivity index (χ2v) is 6.65. The van der Waals surface area contributed by atoms with Crippen LogP contribution in [0.3, 0.4) is 0 Å². The number of rotatable bonds is 4. The average molecular weight is 379 g/mol. The summed E-state index contributed by atoms with van der Waals surface area (Å²) in [7, 11) is -0.964. The number of carbonyl (C=O) groups excluding carboxylic acids is 1. The number of nitriles is 1. The third-order valence-electron chi connectivity index (χ3n) is 4.79. The Labute approximate surface area is 161 Å². The molecule has 2 atom stereocenters. The third kappa shape index (κ3) is 3.45. The van der Waals surface area contributed by atoms with E-state index in [0.29, 0.717) is 36.9 Å². The highest BCUT2D eigenvalue weighted by Gasteiger charge is 2.29. The molecule has 1 aromatic carbocycles. The van der Waals surface area contributed by atoms with E-state index in [4.69, 9.17) is 15.1 Å². The first-order valence-corrected chi connectivity index (χ1v) is 8.85. The number of carbonyl (C=O) groups is 1. The topological polar surface area (TPSA) is 135 Å². The number of primary amides is 1. The average Bonchev–Trinajstić information content (AvgIpc) is 3.12. The van der Waals surface area contributed by atoms with Gasteiger partial charge in [-0.15, -0.1) is 0 Å². The van der Waals surface area contributed by atoms with E-state index >= 15 is 0 Å². The minimum atomic E-state index is -0.964. The second kappa shape index (κ2) is 7.38. The van der Waals surface area contributed by atoms with Crippen LogP contribution in [0, 0.1) is 17.2 Å². The van der Waals surface area contributed by atoms with Gasteiger partial charge in [-0.3, -0.25) is 9.48 Å². The highest BCUT2D eigenvalue weighted by Crippen LogP contribution is 2.31. The highest BCUT2D eigenvalue weighted by atomic mass is 16.5. The molecule has 4 N–H and O–H groups in total. The van der Waals surface area contributed by atoms with E-state index in [0.717, 1.165) is 5.56 Å². The summed E-state index contributed by atoms with van der Waals surface area (Å²) in [6, 6.07) is 7.26. The zero-order valence-corrected chi connectivity index (χ0v) is 14.9. The lowest BCUT2D eigenvalue weighted by Crippen LogP contribution is -2.29. The summed E-state index contributed by atoms with van der Waals surface area (Å²) in [5.74, 6) is 1.51. The van der Waals surface area contributed by atoms with E-state index in [-0.39, 0.29) is 17.5 Å². The molecule has 2 aromatic rings. The fourth-order valence-corrected chi connectivity index (χ4v) is 3.32.